The van der Waals surface area contributed by atoms with Crippen molar-refractivity contribution in [2.75, 3.05) is 0 Å². The molecule has 0 radical (unpaired) electrons. The van der Waals surface area contributed by atoms with Gasteiger partial charge in [0.1, 0.15) is 0 Å². The van der Waals surface area contributed by atoms with E-state index in [1.165, 1.54) is 11.1 Å². The highest BCUT2D eigenvalue weighted by Gasteiger charge is 2.20. The summed E-state index contributed by atoms with van der Waals surface area (Å²) in [5.74, 6) is 0.694. The van der Waals surface area contributed by atoms with Crippen molar-refractivity contribution in [2.24, 2.45) is 0 Å². The summed E-state index contributed by atoms with van der Waals surface area (Å²) in [5.41, 5.74) is 13.2. The second kappa shape index (κ2) is 10.7. The highest BCUT2D eigenvalue weighted by atomic mass is 16.3. The van der Waals surface area contributed by atoms with Gasteiger partial charge in [-0.05, 0) is 47.0 Å². The number of fused-ring (bicyclic) bond motifs is 5. The van der Waals surface area contributed by atoms with Gasteiger partial charge in [-0.25, -0.2) is 9.97 Å². The van der Waals surface area contributed by atoms with Crippen LogP contribution in [-0.2, 0) is 0 Å². The van der Waals surface area contributed by atoms with Gasteiger partial charge in [-0.1, -0.05) is 133 Å². The van der Waals surface area contributed by atoms with Crippen molar-refractivity contribution in [2.45, 2.75) is 0 Å². The molecular formula is C42H27N3O. The lowest BCUT2D eigenvalue weighted by molar-refractivity contribution is 0.658. The predicted octanol–water partition coefficient (Wildman–Crippen LogP) is 11.0. The molecule has 0 bridgehead atoms. The number of oxazole rings is 1. The Labute approximate surface area is 265 Å². The molecule has 46 heavy (non-hydrogen) atoms. The zero-order valence-electron chi connectivity index (χ0n) is 24.8. The van der Waals surface area contributed by atoms with E-state index in [1.54, 1.807) is 0 Å². The first kappa shape index (κ1) is 26.2. The highest BCUT2D eigenvalue weighted by Crippen LogP contribution is 2.40. The molecule has 0 aliphatic carbocycles. The Hall–Kier alpha value is -6.26. The van der Waals surface area contributed by atoms with Crippen LogP contribution < -0.4 is 0 Å². The van der Waals surface area contributed by atoms with Crippen molar-refractivity contribution in [3.63, 3.8) is 0 Å². The molecule has 4 heteroatoms. The summed E-state index contributed by atoms with van der Waals surface area (Å²) >= 11 is 0. The molecule has 9 aromatic rings. The first-order valence-electron chi connectivity index (χ1n) is 15.4. The zero-order chi connectivity index (χ0) is 30.5. The smallest absolute Gasteiger partial charge is 0.213 e. The minimum Gasteiger partial charge on any atom is -0.438 e. The molecule has 0 aliphatic heterocycles. The maximum atomic E-state index is 6.50. The minimum absolute atomic E-state index is 0.694. The van der Waals surface area contributed by atoms with Gasteiger partial charge in [0.15, 0.2) is 11.4 Å². The maximum absolute atomic E-state index is 6.50. The van der Waals surface area contributed by atoms with Gasteiger partial charge in [0.25, 0.3) is 0 Å². The van der Waals surface area contributed by atoms with Crippen molar-refractivity contribution in [1.82, 2.24) is 14.4 Å². The molecular weight excluding hydrogens is 562 g/mol. The van der Waals surface area contributed by atoms with Gasteiger partial charge in [-0.15, -0.1) is 0 Å². The molecule has 0 atom stereocenters. The largest absolute Gasteiger partial charge is 0.438 e. The fraction of sp³-hybridized carbons (Fsp3) is 0. The molecule has 0 N–H and O–H groups in total. The summed E-state index contributed by atoms with van der Waals surface area (Å²) in [7, 11) is 0. The molecule has 0 saturated carbocycles. The molecule has 0 fully saturated rings. The summed E-state index contributed by atoms with van der Waals surface area (Å²) in [5, 5.41) is 1.15. The third-order valence-electron chi connectivity index (χ3n) is 8.64. The monoisotopic (exact) mass is 589 g/mol. The lowest BCUT2D eigenvalue weighted by Gasteiger charge is -2.11. The fourth-order valence-electron chi connectivity index (χ4n) is 6.42. The zero-order valence-corrected chi connectivity index (χ0v) is 24.8. The minimum atomic E-state index is 0.694. The summed E-state index contributed by atoms with van der Waals surface area (Å²) in [6, 6.07) is 56.6. The van der Waals surface area contributed by atoms with Crippen LogP contribution in [-0.4, -0.2) is 14.4 Å². The predicted molar refractivity (Wildman–Crippen MR) is 187 cm³/mol. The first-order chi connectivity index (χ1) is 22.8. The molecule has 6 aromatic carbocycles. The van der Waals surface area contributed by atoms with Crippen LogP contribution in [0.3, 0.4) is 0 Å². The van der Waals surface area contributed by atoms with E-state index < -0.39 is 0 Å². The number of hydrogen-bond acceptors (Lipinski definition) is 3. The SMILES string of the molecule is c1ccc(-c2ccc(-c3cc(-c4cccc(-c5c6ccccc6n6c5oc5ccccc56)c4)nc(-c4ccccc4)n3)cc2)cc1. The summed E-state index contributed by atoms with van der Waals surface area (Å²) in [4.78, 5) is 10.2. The van der Waals surface area contributed by atoms with Gasteiger partial charge in [0, 0.05) is 22.1 Å². The Kier molecular flexibility index (Phi) is 6.10. The average molecular weight is 590 g/mol. The molecule has 0 spiro atoms. The number of benzene rings is 6. The molecule has 0 amide bonds. The molecule has 0 saturated heterocycles. The Bertz CT molecular complexity index is 2510. The van der Waals surface area contributed by atoms with E-state index in [9.17, 15) is 0 Å². The van der Waals surface area contributed by atoms with Crippen molar-refractivity contribution in [1.29, 1.82) is 0 Å². The average Bonchev–Trinajstić information content (AvgIpc) is 3.67. The van der Waals surface area contributed by atoms with Crippen LogP contribution in [0, 0.1) is 0 Å². The van der Waals surface area contributed by atoms with E-state index in [0.29, 0.717) is 5.82 Å². The Balaban J connectivity index is 1.21. The van der Waals surface area contributed by atoms with E-state index in [4.69, 9.17) is 14.4 Å². The summed E-state index contributed by atoms with van der Waals surface area (Å²) in [6.07, 6.45) is 0. The second-order valence-electron chi connectivity index (χ2n) is 11.5. The van der Waals surface area contributed by atoms with E-state index in [1.807, 2.05) is 36.4 Å². The number of hydrogen-bond donors (Lipinski definition) is 0. The highest BCUT2D eigenvalue weighted by molar-refractivity contribution is 6.07. The molecule has 0 unspecified atom stereocenters. The molecule has 216 valence electrons. The standard InChI is InChI=1S/C42H27N3O/c1-3-12-28(13-4-1)29-22-24-30(25-23-29)35-27-36(44-41(43-35)31-14-5-2-6-15-31)32-16-11-17-33(26-32)40-34-18-7-8-19-37(34)45-38-20-9-10-21-39(38)46-42(40)45/h1-27H. The molecule has 4 nitrogen and oxygen atoms in total. The number of para-hydroxylation sites is 3. The van der Waals surface area contributed by atoms with Gasteiger partial charge < -0.3 is 4.42 Å². The Morgan fingerprint density at radius 1 is 0.413 bits per heavy atom. The normalized spacial score (nSPS) is 11.5. The first-order valence-corrected chi connectivity index (χ1v) is 15.4. The van der Waals surface area contributed by atoms with Crippen LogP contribution in [0.25, 0.3) is 83.9 Å². The quantitative estimate of drug-likeness (QED) is 0.201. The van der Waals surface area contributed by atoms with Crippen LogP contribution in [0.5, 0.6) is 0 Å². The topological polar surface area (TPSA) is 43.3 Å². The van der Waals surface area contributed by atoms with Crippen molar-refractivity contribution in [3.05, 3.63) is 164 Å². The third-order valence-corrected chi connectivity index (χ3v) is 8.64. The number of aromatic nitrogens is 3. The van der Waals surface area contributed by atoms with Crippen LogP contribution >= 0.6 is 0 Å². The van der Waals surface area contributed by atoms with Crippen LogP contribution in [0.4, 0.5) is 0 Å². The van der Waals surface area contributed by atoms with Crippen molar-refractivity contribution in [3.8, 4) is 56.2 Å². The van der Waals surface area contributed by atoms with Crippen LogP contribution in [0.15, 0.2) is 168 Å². The van der Waals surface area contributed by atoms with Gasteiger partial charge in [-0.3, -0.25) is 4.40 Å². The number of nitrogens with zero attached hydrogens (tertiary/aromatic N) is 3. The van der Waals surface area contributed by atoms with Crippen LogP contribution in [0.2, 0.25) is 0 Å². The van der Waals surface area contributed by atoms with Gasteiger partial charge in [-0.2, -0.15) is 0 Å². The van der Waals surface area contributed by atoms with E-state index in [-0.39, 0.29) is 0 Å². The van der Waals surface area contributed by atoms with Gasteiger partial charge in [0.05, 0.1) is 28.0 Å². The van der Waals surface area contributed by atoms with Crippen molar-refractivity contribution >= 4 is 27.7 Å². The van der Waals surface area contributed by atoms with Crippen molar-refractivity contribution < 1.29 is 4.42 Å². The second-order valence-corrected chi connectivity index (χ2v) is 11.5. The fourth-order valence-corrected chi connectivity index (χ4v) is 6.42. The third kappa shape index (κ3) is 4.39. The van der Waals surface area contributed by atoms with Gasteiger partial charge in [0.2, 0.25) is 5.71 Å². The van der Waals surface area contributed by atoms with Gasteiger partial charge >= 0.3 is 0 Å². The molecule has 3 aromatic heterocycles. The molecule has 3 heterocycles. The molecule has 9 rings (SSSR count). The number of rotatable bonds is 5. The molecule has 0 aliphatic rings. The summed E-state index contributed by atoms with van der Waals surface area (Å²) < 4.78 is 8.73. The van der Waals surface area contributed by atoms with E-state index >= 15 is 0 Å². The van der Waals surface area contributed by atoms with E-state index in [2.05, 4.69) is 132 Å². The lowest BCUT2D eigenvalue weighted by Crippen LogP contribution is -1.96. The maximum Gasteiger partial charge on any atom is 0.213 e. The Morgan fingerprint density at radius 2 is 0.978 bits per heavy atom. The van der Waals surface area contributed by atoms with E-state index in [0.717, 1.165) is 66.9 Å². The summed E-state index contributed by atoms with van der Waals surface area (Å²) in [6.45, 7) is 0. The Morgan fingerprint density at radius 3 is 1.76 bits per heavy atom. The lowest BCUT2D eigenvalue weighted by atomic mass is 9.99. The van der Waals surface area contributed by atoms with Crippen LogP contribution in [0.1, 0.15) is 0 Å².